The molecule has 9 N–H and O–H groups in total. The molecular formula is C36H65N7O13. The summed E-state index contributed by atoms with van der Waals surface area (Å²) in [4.78, 5) is 99.1. The van der Waals surface area contributed by atoms with Gasteiger partial charge in [0.15, 0.2) is 0 Å². The largest absolute Gasteiger partial charge is 0.480 e. The maximum atomic E-state index is 13.6. The van der Waals surface area contributed by atoms with Crippen LogP contribution in [0.5, 0.6) is 0 Å². The second-order valence-corrected chi connectivity index (χ2v) is 13.8. The van der Waals surface area contributed by atoms with Crippen molar-refractivity contribution >= 4 is 47.3 Å². The number of unbranched alkanes of at least 4 members (excludes halogenated alkanes) is 8. The number of carboxylic acids is 1. The molecule has 0 aromatic rings. The smallest absolute Gasteiger partial charge is 0.326 e. The van der Waals surface area contributed by atoms with Crippen molar-refractivity contribution in [2.24, 2.45) is 0 Å². The Balaban J connectivity index is 5.85. The van der Waals surface area contributed by atoms with E-state index in [4.69, 9.17) is 0 Å². The van der Waals surface area contributed by atoms with Gasteiger partial charge in [0.2, 0.25) is 41.4 Å². The van der Waals surface area contributed by atoms with Crippen LogP contribution in [0.25, 0.3) is 0 Å². The van der Waals surface area contributed by atoms with Crippen molar-refractivity contribution in [2.75, 3.05) is 26.2 Å². The fourth-order valence-electron chi connectivity index (χ4n) is 5.48. The third-order valence-corrected chi connectivity index (χ3v) is 8.90. The van der Waals surface area contributed by atoms with Crippen molar-refractivity contribution in [3.8, 4) is 0 Å². The van der Waals surface area contributed by atoms with Crippen LogP contribution < -0.4 is 21.3 Å². The standard InChI is InChI=1S/C36H65N7O13/c1-5-6-7-8-9-10-11-12-13-20-32(48)37-28(17-14-21-41(54)25(2)45)33(49)38-29(18-15-22-42(55)26(3)46)34(50)40-31(24-44)35(51)39-30(36(52)53)19-16-23-43(56)27(4)47/h28-31,44,54-56H,5-24H2,1-4H3,(H,37,48)(H,38,49)(H,39,51)(H,40,50)(H,52,53)/t28-,29+,30+,31+/m1/s1. The number of aliphatic hydroxyl groups is 1. The minimum absolute atomic E-state index is 0.0261. The molecule has 0 saturated heterocycles. The van der Waals surface area contributed by atoms with Crippen LogP contribution in [0.1, 0.15) is 130 Å². The topological polar surface area (TPSA) is 296 Å². The molecule has 0 unspecified atom stereocenters. The number of hydrogen-bond donors (Lipinski definition) is 9. The minimum Gasteiger partial charge on any atom is -0.480 e. The zero-order chi connectivity index (χ0) is 42.6. The van der Waals surface area contributed by atoms with Gasteiger partial charge in [-0.1, -0.05) is 58.3 Å². The number of carboxylic acid groups (broad SMARTS) is 1. The number of nitrogens with one attached hydrogen (secondary N) is 4. The molecule has 56 heavy (non-hydrogen) atoms. The number of carbonyl (C=O) groups is 8. The van der Waals surface area contributed by atoms with Gasteiger partial charge in [-0.05, 0) is 44.9 Å². The van der Waals surface area contributed by atoms with Crippen molar-refractivity contribution in [1.29, 1.82) is 0 Å². The van der Waals surface area contributed by atoms with E-state index in [-0.39, 0.29) is 64.6 Å². The van der Waals surface area contributed by atoms with E-state index in [2.05, 4.69) is 28.2 Å². The van der Waals surface area contributed by atoms with Crippen LogP contribution in [0, 0.1) is 0 Å². The van der Waals surface area contributed by atoms with Gasteiger partial charge in [0.05, 0.1) is 6.61 Å². The Morgan fingerprint density at radius 1 is 0.482 bits per heavy atom. The first-order chi connectivity index (χ1) is 26.4. The van der Waals surface area contributed by atoms with Crippen LogP contribution >= 0.6 is 0 Å². The molecule has 0 aromatic heterocycles. The maximum Gasteiger partial charge on any atom is 0.326 e. The Morgan fingerprint density at radius 2 is 0.821 bits per heavy atom. The Hall–Kier alpha value is -4.40. The molecule has 0 rings (SSSR count). The summed E-state index contributed by atoms with van der Waals surface area (Å²) in [5, 5.41) is 59.5. The van der Waals surface area contributed by atoms with Crippen LogP contribution in [-0.4, -0.2) is 139 Å². The highest BCUT2D eigenvalue weighted by molar-refractivity contribution is 5.95. The molecule has 20 nitrogen and oxygen atoms in total. The molecule has 0 fully saturated rings. The molecule has 0 aliphatic carbocycles. The van der Waals surface area contributed by atoms with Gasteiger partial charge >= 0.3 is 5.97 Å². The summed E-state index contributed by atoms with van der Waals surface area (Å²) in [6.07, 6.45) is 8.91. The van der Waals surface area contributed by atoms with Gasteiger partial charge < -0.3 is 31.5 Å². The van der Waals surface area contributed by atoms with Gasteiger partial charge in [-0.15, -0.1) is 0 Å². The maximum absolute atomic E-state index is 13.6. The molecule has 0 aliphatic heterocycles. The second kappa shape index (κ2) is 29.8. The summed E-state index contributed by atoms with van der Waals surface area (Å²) in [6.45, 7) is 3.88. The first-order valence-corrected chi connectivity index (χ1v) is 19.4. The molecule has 0 aromatic carbocycles. The predicted molar refractivity (Wildman–Crippen MR) is 200 cm³/mol. The van der Waals surface area contributed by atoms with Crippen LogP contribution in [0.2, 0.25) is 0 Å². The summed E-state index contributed by atoms with van der Waals surface area (Å²) in [7, 11) is 0. The van der Waals surface area contributed by atoms with E-state index >= 15 is 0 Å². The van der Waals surface area contributed by atoms with Gasteiger partial charge in [-0.25, -0.2) is 20.0 Å². The Labute approximate surface area is 328 Å². The second-order valence-electron chi connectivity index (χ2n) is 13.8. The first-order valence-electron chi connectivity index (χ1n) is 19.4. The van der Waals surface area contributed by atoms with Crippen LogP contribution in [0.4, 0.5) is 0 Å². The highest BCUT2D eigenvalue weighted by Gasteiger charge is 2.31. The Morgan fingerprint density at radius 3 is 1.21 bits per heavy atom. The SMILES string of the molecule is CCCCCCCCCCCC(=O)N[C@H](CCCN(O)C(C)=O)C(=O)N[C@@H](CCCN(O)C(C)=O)C(=O)N[C@@H](CO)C(=O)N[C@@H](CCCN(O)C(C)=O)C(=O)O. The van der Waals surface area contributed by atoms with E-state index in [0.717, 1.165) is 46.5 Å². The van der Waals surface area contributed by atoms with E-state index in [1.54, 1.807) is 0 Å². The van der Waals surface area contributed by atoms with Gasteiger partial charge in [-0.3, -0.25) is 49.2 Å². The number of rotatable bonds is 31. The van der Waals surface area contributed by atoms with E-state index in [9.17, 15) is 64.2 Å². The number of carbonyl (C=O) groups excluding carboxylic acids is 7. The lowest BCUT2D eigenvalue weighted by molar-refractivity contribution is -0.163. The number of hydrogen-bond acceptors (Lipinski definition) is 12. The fourth-order valence-corrected chi connectivity index (χ4v) is 5.48. The molecule has 0 heterocycles. The van der Waals surface area contributed by atoms with Crippen LogP contribution in [0.3, 0.4) is 0 Å². The lowest BCUT2D eigenvalue weighted by Gasteiger charge is -2.26. The van der Waals surface area contributed by atoms with Crippen molar-refractivity contribution in [1.82, 2.24) is 36.5 Å². The number of hydroxylamine groups is 6. The number of aliphatic hydroxyl groups excluding tert-OH is 1. The number of nitrogens with zero attached hydrogens (tertiary/aromatic N) is 3. The molecule has 0 spiro atoms. The number of amides is 7. The lowest BCUT2D eigenvalue weighted by Crippen LogP contribution is -2.58. The van der Waals surface area contributed by atoms with E-state index in [0.29, 0.717) is 21.6 Å². The highest BCUT2D eigenvalue weighted by Crippen LogP contribution is 2.11. The lowest BCUT2D eigenvalue weighted by atomic mass is 10.0. The van der Waals surface area contributed by atoms with E-state index in [1.165, 1.54) is 25.7 Å². The Bertz CT molecular complexity index is 1260. The van der Waals surface area contributed by atoms with Crippen molar-refractivity contribution < 1.29 is 64.2 Å². The molecule has 0 radical (unpaired) electrons. The van der Waals surface area contributed by atoms with Gasteiger partial charge in [0.25, 0.3) is 0 Å². The molecule has 0 saturated carbocycles. The quantitative estimate of drug-likeness (QED) is 0.0269. The highest BCUT2D eigenvalue weighted by atomic mass is 16.5. The van der Waals surface area contributed by atoms with Gasteiger partial charge in [0.1, 0.15) is 24.2 Å². The van der Waals surface area contributed by atoms with Crippen molar-refractivity contribution in [3.05, 3.63) is 0 Å². The monoisotopic (exact) mass is 803 g/mol. The molecular weight excluding hydrogens is 738 g/mol. The molecule has 20 heteroatoms. The normalized spacial score (nSPS) is 13.0. The van der Waals surface area contributed by atoms with Crippen molar-refractivity contribution in [2.45, 2.75) is 155 Å². The summed E-state index contributed by atoms with van der Waals surface area (Å²) >= 11 is 0. The van der Waals surface area contributed by atoms with Gasteiger partial charge in [0, 0.05) is 46.8 Å². The van der Waals surface area contributed by atoms with Gasteiger partial charge in [-0.2, -0.15) is 0 Å². The summed E-state index contributed by atoms with van der Waals surface area (Å²) in [6, 6.07) is -5.90. The molecule has 4 atom stereocenters. The average Bonchev–Trinajstić information content (AvgIpc) is 3.14. The molecule has 0 aliphatic rings. The average molecular weight is 804 g/mol. The molecule has 7 amide bonds. The zero-order valence-corrected chi connectivity index (χ0v) is 33.3. The van der Waals surface area contributed by atoms with E-state index in [1.807, 2.05) is 0 Å². The minimum atomic E-state index is -1.70. The van der Waals surface area contributed by atoms with Crippen LogP contribution in [0.15, 0.2) is 0 Å². The molecule has 0 bridgehead atoms. The third-order valence-electron chi connectivity index (χ3n) is 8.90. The zero-order valence-electron chi connectivity index (χ0n) is 33.3. The van der Waals surface area contributed by atoms with Crippen LogP contribution in [-0.2, 0) is 38.4 Å². The first kappa shape index (κ1) is 51.6. The number of aliphatic carboxylic acids is 1. The predicted octanol–water partition coefficient (Wildman–Crippen LogP) is 0.977. The molecule has 322 valence electrons. The van der Waals surface area contributed by atoms with E-state index < -0.39 is 78.1 Å². The summed E-state index contributed by atoms with van der Waals surface area (Å²) in [5.41, 5.74) is 0. The summed E-state index contributed by atoms with van der Waals surface area (Å²) < 4.78 is 0. The Kier molecular flexibility index (Phi) is 27.5. The fraction of sp³-hybridized carbons (Fsp3) is 0.778. The summed E-state index contributed by atoms with van der Waals surface area (Å²) in [5.74, 6) is -6.82. The third kappa shape index (κ3) is 23.5. The van der Waals surface area contributed by atoms with Crippen molar-refractivity contribution in [3.63, 3.8) is 0 Å².